The first-order valence-corrected chi connectivity index (χ1v) is 5.51. The molecule has 0 aliphatic carbocycles. The summed E-state index contributed by atoms with van der Waals surface area (Å²) >= 11 is 0. The van der Waals surface area contributed by atoms with Gasteiger partial charge in [-0.15, -0.1) is 0 Å². The van der Waals surface area contributed by atoms with E-state index in [9.17, 15) is 24.3 Å². The monoisotopic (exact) mass is 293 g/mol. The lowest BCUT2D eigenvalue weighted by Crippen LogP contribution is -2.20. The Morgan fingerprint density at radius 1 is 1.05 bits per heavy atom. The SMILES string of the molecule is C=CC(=O)Nc1c(C)cc(C(=O)O)c(C(=O)O)c1C(=O)O. The van der Waals surface area contributed by atoms with Crippen LogP contribution in [-0.4, -0.2) is 39.1 Å². The molecule has 0 radical (unpaired) electrons. The molecule has 0 spiro atoms. The first-order valence-electron chi connectivity index (χ1n) is 5.51. The van der Waals surface area contributed by atoms with Crippen LogP contribution in [0, 0.1) is 6.92 Å². The van der Waals surface area contributed by atoms with Crippen LogP contribution in [0.25, 0.3) is 0 Å². The molecule has 8 nitrogen and oxygen atoms in total. The molecule has 1 amide bonds. The highest BCUT2D eigenvalue weighted by Crippen LogP contribution is 2.28. The van der Waals surface area contributed by atoms with Crippen LogP contribution in [0.15, 0.2) is 18.7 Å². The summed E-state index contributed by atoms with van der Waals surface area (Å²) in [5.74, 6) is -5.73. The molecule has 0 aliphatic heterocycles. The molecular formula is C13H11NO7. The molecule has 0 heterocycles. The molecule has 0 unspecified atom stereocenters. The molecule has 110 valence electrons. The van der Waals surface area contributed by atoms with Crippen LogP contribution in [0.3, 0.4) is 0 Å². The molecule has 21 heavy (non-hydrogen) atoms. The zero-order chi connectivity index (χ0) is 16.3. The standard InChI is InChI=1S/C13H11NO7/c1-3-7(15)14-10-5(2)4-6(11(16)17)8(12(18)19)9(10)13(20)21/h3-4H,1H2,2H3,(H,14,15)(H,16,17)(H,18,19)(H,20,21). The van der Waals surface area contributed by atoms with Gasteiger partial charge in [-0.3, -0.25) is 4.79 Å². The van der Waals surface area contributed by atoms with E-state index in [1.165, 1.54) is 6.92 Å². The number of nitrogens with one attached hydrogen (secondary N) is 1. The Bertz CT molecular complexity index is 676. The van der Waals surface area contributed by atoms with Gasteiger partial charge in [0.25, 0.3) is 0 Å². The number of rotatable bonds is 5. The minimum Gasteiger partial charge on any atom is -0.478 e. The highest BCUT2D eigenvalue weighted by molar-refractivity contribution is 6.14. The Hall–Kier alpha value is -3.16. The summed E-state index contributed by atoms with van der Waals surface area (Å²) in [5, 5.41) is 29.5. The summed E-state index contributed by atoms with van der Waals surface area (Å²) in [5.41, 5.74) is -2.55. The highest BCUT2D eigenvalue weighted by Gasteiger charge is 2.29. The van der Waals surface area contributed by atoms with Crippen LogP contribution in [0.1, 0.15) is 36.6 Å². The Morgan fingerprint density at radius 2 is 1.57 bits per heavy atom. The summed E-state index contributed by atoms with van der Waals surface area (Å²) in [7, 11) is 0. The molecule has 1 aromatic rings. The fourth-order valence-corrected chi connectivity index (χ4v) is 1.76. The number of aryl methyl sites for hydroxylation is 1. The summed E-state index contributed by atoms with van der Waals surface area (Å²) in [6.07, 6.45) is 0.872. The third kappa shape index (κ3) is 3.06. The Morgan fingerprint density at radius 3 is 1.95 bits per heavy atom. The van der Waals surface area contributed by atoms with Crippen molar-refractivity contribution in [1.82, 2.24) is 0 Å². The van der Waals surface area contributed by atoms with Crippen molar-refractivity contribution < 1.29 is 34.5 Å². The van der Waals surface area contributed by atoms with E-state index >= 15 is 0 Å². The van der Waals surface area contributed by atoms with Gasteiger partial charge in [0.2, 0.25) is 5.91 Å². The third-order valence-corrected chi connectivity index (χ3v) is 2.62. The van der Waals surface area contributed by atoms with E-state index in [-0.39, 0.29) is 11.3 Å². The first kappa shape index (κ1) is 15.9. The van der Waals surface area contributed by atoms with Gasteiger partial charge in [0.1, 0.15) is 0 Å². The lowest BCUT2D eigenvalue weighted by Gasteiger charge is -2.15. The fourth-order valence-electron chi connectivity index (χ4n) is 1.76. The average Bonchev–Trinajstić information content (AvgIpc) is 2.38. The van der Waals surface area contributed by atoms with Gasteiger partial charge in [-0.2, -0.15) is 0 Å². The molecule has 0 aromatic heterocycles. The van der Waals surface area contributed by atoms with Crippen molar-refractivity contribution in [3.05, 3.63) is 41.0 Å². The second kappa shape index (κ2) is 5.87. The Kier molecular flexibility index (Phi) is 4.44. The van der Waals surface area contributed by atoms with Crippen LogP contribution < -0.4 is 5.32 Å². The normalized spacial score (nSPS) is 9.76. The van der Waals surface area contributed by atoms with E-state index in [1.807, 2.05) is 0 Å². The summed E-state index contributed by atoms with van der Waals surface area (Å²) < 4.78 is 0. The van der Waals surface area contributed by atoms with E-state index in [0.29, 0.717) is 0 Å². The van der Waals surface area contributed by atoms with Crippen molar-refractivity contribution in [2.24, 2.45) is 0 Å². The van der Waals surface area contributed by atoms with E-state index < -0.39 is 40.5 Å². The van der Waals surface area contributed by atoms with Gasteiger partial charge in [0.05, 0.1) is 22.4 Å². The molecule has 1 aromatic carbocycles. The Labute approximate surface area is 118 Å². The maximum absolute atomic E-state index is 11.3. The molecule has 0 fully saturated rings. The van der Waals surface area contributed by atoms with Crippen LogP contribution in [-0.2, 0) is 4.79 Å². The maximum atomic E-state index is 11.3. The highest BCUT2D eigenvalue weighted by atomic mass is 16.4. The number of aromatic carboxylic acids is 3. The van der Waals surface area contributed by atoms with Crippen molar-refractivity contribution >= 4 is 29.5 Å². The molecule has 0 aliphatic rings. The van der Waals surface area contributed by atoms with E-state index in [4.69, 9.17) is 10.2 Å². The second-order valence-electron chi connectivity index (χ2n) is 3.97. The maximum Gasteiger partial charge on any atom is 0.338 e. The number of benzene rings is 1. The van der Waals surface area contributed by atoms with Crippen LogP contribution >= 0.6 is 0 Å². The van der Waals surface area contributed by atoms with Crippen molar-refractivity contribution in [3.63, 3.8) is 0 Å². The van der Waals surface area contributed by atoms with Gasteiger partial charge in [-0.1, -0.05) is 6.58 Å². The summed E-state index contributed by atoms with van der Waals surface area (Å²) in [6.45, 7) is 4.54. The lowest BCUT2D eigenvalue weighted by atomic mass is 9.95. The van der Waals surface area contributed by atoms with Gasteiger partial charge < -0.3 is 20.6 Å². The number of hydrogen-bond donors (Lipinski definition) is 4. The average molecular weight is 293 g/mol. The predicted octanol–water partition coefficient (Wildman–Crippen LogP) is 1.21. The van der Waals surface area contributed by atoms with E-state index in [1.54, 1.807) is 0 Å². The molecule has 1 rings (SSSR count). The zero-order valence-electron chi connectivity index (χ0n) is 10.8. The molecule has 4 N–H and O–H groups in total. The minimum atomic E-state index is -1.72. The van der Waals surface area contributed by atoms with Crippen LogP contribution in [0.5, 0.6) is 0 Å². The number of amides is 1. The van der Waals surface area contributed by atoms with Gasteiger partial charge in [-0.05, 0) is 24.6 Å². The van der Waals surface area contributed by atoms with Crippen LogP contribution in [0.4, 0.5) is 5.69 Å². The third-order valence-electron chi connectivity index (χ3n) is 2.62. The van der Waals surface area contributed by atoms with Crippen LogP contribution in [0.2, 0.25) is 0 Å². The predicted molar refractivity (Wildman–Crippen MR) is 70.9 cm³/mol. The number of carboxylic acids is 3. The zero-order valence-corrected chi connectivity index (χ0v) is 10.8. The van der Waals surface area contributed by atoms with Crippen molar-refractivity contribution in [2.75, 3.05) is 5.32 Å². The van der Waals surface area contributed by atoms with Crippen molar-refractivity contribution in [1.29, 1.82) is 0 Å². The number of hydrogen-bond acceptors (Lipinski definition) is 4. The molecule has 0 saturated heterocycles. The smallest absolute Gasteiger partial charge is 0.338 e. The van der Waals surface area contributed by atoms with Crippen molar-refractivity contribution in [3.8, 4) is 0 Å². The first-order chi connectivity index (χ1) is 9.70. The number of carbonyl (C=O) groups is 4. The molecule has 8 heteroatoms. The Balaban J connectivity index is 3.81. The fraction of sp³-hybridized carbons (Fsp3) is 0.0769. The summed E-state index contributed by atoms with van der Waals surface area (Å²) in [4.78, 5) is 44.9. The van der Waals surface area contributed by atoms with Gasteiger partial charge in [0, 0.05) is 0 Å². The van der Waals surface area contributed by atoms with Crippen molar-refractivity contribution in [2.45, 2.75) is 6.92 Å². The number of anilines is 1. The topological polar surface area (TPSA) is 141 Å². The van der Waals surface area contributed by atoms with Gasteiger partial charge >= 0.3 is 17.9 Å². The number of carboxylic acid groups (broad SMARTS) is 3. The van der Waals surface area contributed by atoms with Gasteiger partial charge in [0.15, 0.2) is 0 Å². The van der Waals surface area contributed by atoms with E-state index in [2.05, 4.69) is 11.9 Å². The molecule has 0 saturated carbocycles. The lowest BCUT2D eigenvalue weighted by molar-refractivity contribution is -0.111. The molecule has 0 bridgehead atoms. The summed E-state index contributed by atoms with van der Waals surface area (Å²) in [6, 6.07) is 0.983. The minimum absolute atomic E-state index is 0.102. The molecular weight excluding hydrogens is 282 g/mol. The number of carbonyl (C=O) groups excluding carboxylic acids is 1. The van der Waals surface area contributed by atoms with E-state index in [0.717, 1.165) is 12.1 Å². The molecule has 0 atom stereocenters. The van der Waals surface area contributed by atoms with Gasteiger partial charge in [-0.25, -0.2) is 14.4 Å². The largest absolute Gasteiger partial charge is 0.478 e. The quantitative estimate of drug-likeness (QED) is 0.598. The second-order valence-corrected chi connectivity index (χ2v) is 3.97.